The van der Waals surface area contributed by atoms with Crippen LogP contribution in [0.15, 0.2) is 59.0 Å². The van der Waals surface area contributed by atoms with E-state index >= 15 is 0 Å². The van der Waals surface area contributed by atoms with Gasteiger partial charge in [0.15, 0.2) is 0 Å². The summed E-state index contributed by atoms with van der Waals surface area (Å²) >= 11 is 6.21. The molecule has 182 valence electrons. The first-order valence-electron chi connectivity index (χ1n) is 11.4. The van der Waals surface area contributed by atoms with Crippen LogP contribution in [0.3, 0.4) is 0 Å². The number of rotatable bonds is 9. The molecule has 35 heavy (non-hydrogen) atoms. The smallest absolute Gasteiger partial charge is 0.325 e. The predicted molar refractivity (Wildman–Crippen MR) is 129 cm³/mol. The predicted octanol–water partition coefficient (Wildman–Crippen LogP) is 3.99. The van der Waals surface area contributed by atoms with Crippen molar-refractivity contribution in [2.24, 2.45) is 0 Å². The van der Waals surface area contributed by atoms with Crippen LogP contribution >= 0.6 is 11.6 Å². The van der Waals surface area contributed by atoms with E-state index in [1.807, 2.05) is 38.1 Å². The number of carbonyl (C=O) groups excluding carboxylic acids is 3. The summed E-state index contributed by atoms with van der Waals surface area (Å²) in [7, 11) is 0. The lowest BCUT2D eigenvalue weighted by Crippen LogP contribution is -2.45. The highest BCUT2D eigenvalue weighted by Crippen LogP contribution is 2.32. The maximum Gasteiger partial charge on any atom is 0.325 e. The molecule has 2 aromatic carbocycles. The van der Waals surface area contributed by atoms with E-state index < -0.39 is 23.4 Å². The maximum absolute atomic E-state index is 13.4. The van der Waals surface area contributed by atoms with Gasteiger partial charge < -0.3 is 14.6 Å². The highest BCUT2D eigenvalue weighted by Gasteiger charge is 2.51. The molecule has 9 nitrogen and oxygen atoms in total. The van der Waals surface area contributed by atoms with Crippen molar-refractivity contribution in [3.63, 3.8) is 0 Å². The van der Waals surface area contributed by atoms with Gasteiger partial charge in [-0.25, -0.2) is 4.79 Å². The third kappa shape index (κ3) is 4.77. The number of hydrogen-bond acceptors (Lipinski definition) is 6. The molecule has 0 spiro atoms. The van der Waals surface area contributed by atoms with Crippen LogP contribution < -0.4 is 5.32 Å². The van der Waals surface area contributed by atoms with Crippen LogP contribution in [0.4, 0.5) is 4.79 Å². The number of nitrogens with zero attached hydrogens (tertiary/aromatic N) is 4. The first-order valence-corrected chi connectivity index (χ1v) is 11.8. The zero-order valence-electron chi connectivity index (χ0n) is 19.5. The molecule has 1 unspecified atom stereocenters. The van der Waals surface area contributed by atoms with Gasteiger partial charge >= 0.3 is 6.03 Å². The zero-order valence-corrected chi connectivity index (χ0v) is 20.3. The molecule has 0 bridgehead atoms. The summed E-state index contributed by atoms with van der Waals surface area (Å²) in [5.41, 5.74) is 0.0847. The normalized spacial score (nSPS) is 17.5. The molecule has 0 saturated carbocycles. The van der Waals surface area contributed by atoms with Crippen molar-refractivity contribution in [3.05, 3.63) is 71.1 Å². The largest absolute Gasteiger partial charge is 0.419 e. The van der Waals surface area contributed by atoms with E-state index in [9.17, 15) is 14.4 Å². The Balaban J connectivity index is 1.50. The molecule has 1 N–H and O–H groups in total. The Bertz CT molecular complexity index is 1230. The lowest BCUT2D eigenvalue weighted by atomic mass is 9.87. The average molecular weight is 496 g/mol. The van der Waals surface area contributed by atoms with Gasteiger partial charge in [0.2, 0.25) is 17.7 Å². The fraction of sp³-hybridized carbons (Fsp3) is 0.320. The molecule has 1 aliphatic rings. The van der Waals surface area contributed by atoms with Crippen LogP contribution in [-0.2, 0) is 21.7 Å². The third-order valence-corrected chi connectivity index (χ3v) is 6.34. The van der Waals surface area contributed by atoms with Gasteiger partial charge in [-0.2, -0.15) is 0 Å². The number of urea groups is 1. The van der Waals surface area contributed by atoms with Gasteiger partial charge in [0.05, 0.1) is 17.1 Å². The fourth-order valence-electron chi connectivity index (χ4n) is 4.15. The SMILES string of the molecule is CCCN(Cc1nnc(-c2ccccc2Cl)o1)C(=O)CN1C(=O)NC(CC)(c2ccccc2)C1=O. The molecule has 4 rings (SSSR count). The Hall–Kier alpha value is -3.72. The Morgan fingerprint density at radius 2 is 1.80 bits per heavy atom. The second-order valence-electron chi connectivity index (χ2n) is 8.24. The minimum Gasteiger partial charge on any atom is -0.419 e. The number of carbonyl (C=O) groups is 3. The molecule has 2 heterocycles. The minimum atomic E-state index is -1.19. The fourth-order valence-corrected chi connectivity index (χ4v) is 4.37. The van der Waals surface area contributed by atoms with Crippen molar-refractivity contribution >= 4 is 29.4 Å². The van der Waals surface area contributed by atoms with Crippen molar-refractivity contribution in [1.29, 1.82) is 0 Å². The van der Waals surface area contributed by atoms with Crippen molar-refractivity contribution in [1.82, 2.24) is 25.3 Å². The minimum absolute atomic E-state index is 0.0470. The van der Waals surface area contributed by atoms with E-state index in [-0.39, 0.29) is 24.9 Å². The lowest BCUT2D eigenvalue weighted by Gasteiger charge is -2.26. The first-order chi connectivity index (χ1) is 16.9. The highest BCUT2D eigenvalue weighted by atomic mass is 35.5. The van der Waals surface area contributed by atoms with E-state index in [1.165, 1.54) is 4.90 Å². The summed E-state index contributed by atoms with van der Waals surface area (Å²) in [5, 5.41) is 11.4. The summed E-state index contributed by atoms with van der Waals surface area (Å²) in [6.07, 6.45) is 1.03. The molecule has 1 saturated heterocycles. The summed E-state index contributed by atoms with van der Waals surface area (Å²) in [5.74, 6) is -0.363. The third-order valence-electron chi connectivity index (χ3n) is 6.01. The second kappa shape index (κ2) is 10.3. The highest BCUT2D eigenvalue weighted by molar-refractivity contribution is 6.33. The number of nitrogens with one attached hydrogen (secondary N) is 1. The van der Waals surface area contributed by atoms with Gasteiger partial charge in [-0.3, -0.25) is 14.5 Å². The number of amides is 4. The molecule has 3 aromatic rings. The van der Waals surface area contributed by atoms with Gasteiger partial charge in [0.1, 0.15) is 12.1 Å². The van der Waals surface area contributed by atoms with E-state index in [2.05, 4.69) is 15.5 Å². The number of benzene rings is 2. The van der Waals surface area contributed by atoms with Crippen LogP contribution in [0.2, 0.25) is 5.02 Å². The quantitative estimate of drug-likeness (QED) is 0.450. The number of halogens is 1. The maximum atomic E-state index is 13.4. The molecule has 1 aliphatic heterocycles. The monoisotopic (exact) mass is 495 g/mol. The first kappa shape index (κ1) is 24.4. The van der Waals surface area contributed by atoms with Gasteiger partial charge in [-0.1, -0.05) is 67.9 Å². The Labute approximate surface area is 208 Å². The zero-order chi connectivity index (χ0) is 25.0. The van der Waals surface area contributed by atoms with E-state index in [0.717, 1.165) is 4.90 Å². The van der Waals surface area contributed by atoms with Crippen LogP contribution in [0.5, 0.6) is 0 Å². The van der Waals surface area contributed by atoms with Gasteiger partial charge in [-0.15, -0.1) is 10.2 Å². The molecule has 4 amide bonds. The Morgan fingerprint density at radius 1 is 1.09 bits per heavy atom. The Morgan fingerprint density at radius 3 is 2.49 bits per heavy atom. The summed E-state index contributed by atoms with van der Waals surface area (Å²) in [6, 6.07) is 15.5. The molecule has 0 radical (unpaired) electrons. The average Bonchev–Trinajstić information content (AvgIpc) is 3.43. The molecule has 10 heteroatoms. The van der Waals surface area contributed by atoms with Crippen molar-refractivity contribution in [2.75, 3.05) is 13.1 Å². The van der Waals surface area contributed by atoms with E-state index in [4.69, 9.17) is 16.0 Å². The molecule has 1 atom stereocenters. The van der Waals surface area contributed by atoms with E-state index in [1.54, 1.807) is 30.3 Å². The van der Waals surface area contributed by atoms with Crippen LogP contribution in [0.1, 0.15) is 38.1 Å². The number of aromatic nitrogens is 2. The molecule has 1 fully saturated rings. The number of imide groups is 1. The molecule has 0 aliphatic carbocycles. The Kier molecular flexibility index (Phi) is 7.16. The van der Waals surface area contributed by atoms with Crippen LogP contribution in [0.25, 0.3) is 11.5 Å². The standard InChI is InChI=1S/C25H26ClN5O4/c1-3-14-30(15-20-28-29-22(35-20)18-12-8-9-13-19(18)26)21(32)16-31-23(33)25(4-2,27-24(31)34)17-10-6-5-7-11-17/h5-13H,3-4,14-16H2,1-2H3,(H,27,34). The summed E-state index contributed by atoms with van der Waals surface area (Å²) in [4.78, 5) is 41.8. The second-order valence-corrected chi connectivity index (χ2v) is 8.65. The van der Waals surface area contributed by atoms with Gasteiger partial charge in [-0.05, 0) is 30.5 Å². The summed E-state index contributed by atoms with van der Waals surface area (Å²) in [6.45, 7) is 3.81. The van der Waals surface area contributed by atoms with Crippen LogP contribution in [-0.4, -0.2) is 50.9 Å². The summed E-state index contributed by atoms with van der Waals surface area (Å²) < 4.78 is 5.74. The van der Waals surface area contributed by atoms with Gasteiger partial charge in [0.25, 0.3) is 5.91 Å². The van der Waals surface area contributed by atoms with E-state index in [0.29, 0.717) is 35.5 Å². The van der Waals surface area contributed by atoms with Crippen LogP contribution in [0, 0.1) is 0 Å². The molecule has 1 aromatic heterocycles. The molecular weight excluding hydrogens is 470 g/mol. The topological polar surface area (TPSA) is 109 Å². The van der Waals surface area contributed by atoms with Crippen molar-refractivity contribution in [3.8, 4) is 11.5 Å². The van der Waals surface area contributed by atoms with Gasteiger partial charge in [0, 0.05) is 6.54 Å². The van der Waals surface area contributed by atoms with Crippen molar-refractivity contribution in [2.45, 2.75) is 38.8 Å². The lowest BCUT2D eigenvalue weighted by molar-refractivity contribution is -0.139. The van der Waals surface area contributed by atoms with Crippen molar-refractivity contribution < 1.29 is 18.8 Å². The molecular formula is C25H26ClN5O4. The number of hydrogen-bond donors (Lipinski definition) is 1.